The minimum atomic E-state index is 0.186. The van der Waals surface area contributed by atoms with Gasteiger partial charge in [0, 0.05) is 29.9 Å². The third kappa shape index (κ3) is 2.25. The minimum Gasteiger partial charge on any atom is -0.346 e. The predicted octanol–water partition coefficient (Wildman–Crippen LogP) is 2.84. The van der Waals surface area contributed by atoms with E-state index in [2.05, 4.69) is 42.1 Å². The number of hydrogen-bond donors (Lipinski definition) is 2. The van der Waals surface area contributed by atoms with Crippen molar-refractivity contribution in [3.05, 3.63) is 30.1 Å². The van der Waals surface area contributed by atoms with E-state index in [0.29, 0.717) is 0 Å². The van der Waals surface area contributed by atoms with Crippen LogP contribution in [-0.2, 0) is 6.54 Å². The Balaban J connectivity index is 2.16. The summed E-state index contributed by atoms with van der Waals surface area (Å²) in [5.41, 5.74) is 2.43. The Labute approximate surface area is 96.3 Å². The van der Waals surface area contributed by atoms with Crippen LogP contribution in [0.2, 0.25) is 0 Å². The first-order valence-corrected chi connectivity index (χ1v) is 5.78. The molecule has 2 rings (SSSR count). The molecule has 0 unspecified atom stereocenters. The van der Waals surface area contributed by atoms with Crippen LogP contribution in [0.3, 0.4) is 0 Å². The summed E-state index contributed by atoms with van der Waals surface area (Å²) in [6, 6.07) is 4.08. The largest absolute Gasteiger partial charge is 0.346 e. The summed E-state index contributed by atoms with van der Waals surface area (Å²) < 4.78 is 0. The summed E-state index contributed by atoms with van der Waals surface area (Å²) in [7, 11) is 0. The van der Waals surface area contributed by atoms with Crippen LogP contribution in [0.25, 0.3) is 11.0 Å². The van der Waals surface area contributed by atoms with E-state index in [0.717, 1.165) is 18.6 Å². The van der Waals surface area contributed by atoms with Crippen molar-refractivity contribution < 1.29 is 0 Å². The van der Waals surface area contributed by atoms with Crippen molar-refractivity contribution in [3.8, 4) is 0 Å². The highest BCUT2D eigenvalue weighted by molar-refractivity contribution is 5.79. The average molecular weight is 217 g/mol. The third-order valence-corrected chi connectivity index (χ3v) is 3.18. The molecule has 3 nitrogen and oxygen atoms in total. The number of hydrogen-bond acceptors (Lipinski definition) is 2. The van der Waals surface area contributed by atoms with Crippen molar-refractivity contribution in [2.75, 3.05) is 0 Å². The lowest BCUT2D eigenvalue weighted by Gasteiger charge is -2.24. The van der Waals surface area contributed by atoms with Crippen molar-refractivity contribution in [1.29, 1.82) is 0 Å². The van der Waals surface area contributed by atoms with Crippen LogP contribution in [0.4, 0.5) is 0 Å². The van der Waals surface area contributed by atoms with E-state index in [-0.39, 0.29) is 5.54 Å². The second-order valence-corrected chi connectivity index (χ2v) is 4.80. The van der Waals surface area contributed by atoms with Gasteiger partial charge in [0.05, 0.1) is 0 Å². The first kappa shape index (κ1) is 11.1. The molecular formula is C13H19N3. The summed E-state index contributed by atoms with van der Waals surface area (Å²) in [5.74, 6) is 0. The van der Waals surface area contributed by atoms with Gasteiger partial charge in [0.15, 0.2) is 0 Å². The number of H-pyrrole nitrogens is 1. The minimum absolute atomic E-state index is 0.186. The van der Waals surface area contributed by atoms with Gasteiger partial charge in [-0.3, -0.25) is 0 Å². The highest BCUT2D eigenvalue weighted by Gasteiger charge is 2.14. The normalized spacial score (nSPS) is 12.2. The monoisotopic (exact) mass is 217 g/mol. The lowest BCUT2D eigenvalue weighted by atomic mass is 10.0. The molecule has 2 N–H and O–H groups in total. The first-order valence-electron chi connectivity index (χ1n) is 5.78. The topological polar surface area (TPSA) is 40.7 Å². The lowest BCUT2D eigenvalue weighted by molar-refractivity contribution is 0.375. The Hall–Kier alpha value is -1.35. The summed E-state index contributed by atoms with van der Waals surface area (Å²) in [4.78, 5) is 7.47. The number of fused-ring (bicyclic) bond motifs is 1. The maximum atomic E-state index is 4.28. The van der Waals surface area contributed by atoms with Gasteiger partial charge in [-0.15, -0.1) is 0 Å². The second-order valence-electron chi connectivity index (χ2n) is 4.80. The molecule has 2 aromatic rings. The lowest BCUT2D eigenvalue weighted by Crippen LogP contribution is -2.37. The van der Waals surface area contributed by atoms with Crippen molar-refractivity contribution >= 4 is 11.0 Å². The Morgan fingerprint density at radius 2 is 2.25 bits per heavy atom. The molecule has 0 aliphatic heterocycles. The smallest absolute Gasteiger partial charge is 0.137 e. The van der Waals surface area contributed by atoms with Gasteiger partial charge in [-0.1, -0.05) is 6.92 Å². The van der Waals surface area contributed by atoms with Crippen molar-refractivity contribution in [1.82, 2.24) is 15.3 Å². The number of rotatable bonds is 4. The van der Waals surface area contributed by atoms with Gasteiger partial charge >= 0.3 is 0 Å². The molecule has 0 spiro atoms. The number of nitrogens with one attached hydrogen (secondary N) is 2. The average Bonchev–Trinajstić information content (AvgIpc) is 2.70. The van der Waals surface area contributed by atoms with Gasteiger partial charge in [-0.25, -0.2) is 4.98 Å². The zero-order valence-electron chi connectivity index (χ0n) is 10.2. The maximum Gasteiger partial charge on any atom is 0.137 e. The van der Waals surface area contributed by atoms with Crippen molar-refractivity contribution in [3.63, 3.8) is 0 Å². The molecule has 0 aliphatic carbocycles. The zero-order valence-corrected chi connectivity index (χ0v) is 10.2. The highest BCUT2D eigenvalue weighted by Crippen LogP contribution is 2.17. The fourth-order valence-electron chi connectivity index (χ4n) is 1.62. The quantitative estimate of drug-likeness (QED) is 0.826. The molecule has 3 heteroatoms. The molecule has 2 heterocycles. The number of aromatic amines is 1. The predicted molar refractivity (Wildman–Crippen MR) is 67.3 cm³/mol. The van der Waals surface area contributed by atoms with Crippen LogP contribution < -0.4 is 5.32 Å². The molecule has 0 bridgehead atoms. The van der Waals surface area contributed by atoms with E-state index in [1.54, 1.807) is 0 Å². The molecule has 0 saturated heterocycles. The summed E-state index contributed by atoms with van der Waals surface area (Å²) >= 11 is 0. The van der Waals surface area contributed by atoms with E-state index >= 15 is 0 Å². The molecule has 2 aromatic heterocycles. The van der Waals surface area contributed by atoms with Crippen LogP contribution in [0.15, 0.2) is 24.5 Å². The molecule has 0 amide bonds. The molecule has 0 atom stereocenters. The van der Waals surface area contributed by atoms with Gasteiger partial charge in [0.2, 0.25) is 0 Å². The fraction of sp³-hybridized carbons (Fsp3) is 0.462. The molecule has 0 radical (unpaired) electrons. The Bertz CT molecular complexity index is 471. The summed E-state index contributed by atoms with van der Waals surface area (Å²) in [6.45, 7) is 7.52. The van der Waals surface area contributed by atoms with E-state index in [1.165, 1.54) is 10.9 Å². The van der Waals surface area contributed by atoms with Crippen molar-refractivity contribution in [2.45, 2.75) is 39.3 Å². The molecule has 0 saturated carbocycles. The molecular weight excluding hydrogens is 198 g/mol. The van der Waals surface area contributed by atoms with E-state index in [1.807, 2.05) is 18.5 Å². The number of aromatic nitrogens is 2. The van der Waals surface area contributed by atoms with Crippen LogP contribution in [0.1, 0.15) is 32.8 Å². The van der Waals surface area contributed by atoms with Gasteiger partial charge < -0.3 is 10.3 Å². The van der Waals surface area contributed by atoms with Crippen LogP contribution in [0.5, 0.6) is 0 Å². The first-order chi connectivity index (χ1) is 7.62. The number of nitrogens with zero attached hydrogens (tertiary/aromatic N) is 1. The standard InChI is InChI=1S/C13H19N3/c1-4-13(2,3)16-9-10-8-15-12-11(10)6-5-7-14-12/h5-8,16H,4,9H2,1-3H3,(H,14,15). The Morgan fingerprint density at radius 1 is 1.44 bits per heavy atom. The Kier molecular flexibility index (Phi) is 2.97. The van der Waals surface area contributed by atoms with E-state index < -0.39 is 0 Å². The zero-order chi connectivity index (χ0) is 11.6. The summed E-state index contributed by atoms with van der Waals surface area (Å²) in [6.07, 6.45) is 4.97. The summed E-state index contributed by atoms with van der Waals surface area (Å²) in [5, 5.41) is 4.77. The molecule has 16 heavy (non-hydrogen) atoms. The van der Waals surface area contributed by atoms with Gasteiger partial charge in [0.25, 0.3) is 0 Å². The Morgan fingerprint density at radius 3 is 3.00 bits per heavy atom. The molecule has 86 valence electrons. The third-order valence-electron chi connectivity index (χ3n) is 3.18. The fourth-order valence-corrected chi connectivity index (χ4v) is 1.62. The van der Waals surface area contributed by atoms with E-state index in [4.69, 9.17) is 0 Å². The van der Waals surface area contributed by atoms with Crippen LogP contribution in [-0.4, -0.2) is 15.5 Å². The molecule has 0 aromatic carbocycles. The van der Waals surface area contributed by atoms with Gasteiger partial charge in [0.1, 0.15) is 5.65 Å². The molecule has 0 aliphatic rings. The second kappa shape index (κ2) is 4.26. The highest BCUT2D eigenvalue weighted by atomic mass is 15.0. The maximum absolute atomic E-state index is 4.28. The van der Waals surface area contributed by atoms with Crippen molar-refractivity contribution in [2.24, 2.45) is 0 Å². The molecule has 0 fully saturated rings. The van der Waals surface area contributed by atoms with Crippen LogP contribution in [0, 0.1) is 0 Å². The van der Waals surface area contributed by atoms with Gasteiger partial charge in [-0.2, -0.15) is 0 Å². The van der Waals surface area contributed by atoms with Crippen LogP contribution >= 0.6 is 0 Å². The SMILES string of the molecule is CCC(C)(C)NCc1c[nH]c2ncccc12. The van der Waals surface area contributed by atoms with E-state index in [9.17, 15) is 0 Å². The van der Waals surface area contributed by atoms with Gasteiger partial charge in [-0.05, 0) is 38.0 Å². The number of pyridine rings is 1.